The summed E-state index contributed by atoms with van der Waals surface area (Å²) in [5.41, 5.74) is 0. The van der Waals surface area contributed by atoms with Crippen molar-refractivity contribution >= 4 is 22.4 Å². The van der Waals surface area contributed by atoms with E-state index in [0.29, 0.717) is 18.9 Å². The van der Waals surface area contributed by atoms with Crippen LogP contribution in [0.4, 0.5) is 0 Å². The molecule has 0 saturated heterocycles. The lowest BCUT2D eigenvalue weighted by Crippen LogP contribution is -2.37. The molecule has 80 valence electrons. The maximum atomic E-state index is 10.9. The first-order chi connectivity index (χ1) is 5.54. The number of nitrogens with one attached hydrogen (secondary N) is 1. The van der Waals surface area contributed by atoms with Crippen LogP contribution in [0.25, 0.3) is 0 Å². The van der Waals surface area contributed by atoms with E-state index in [9.17, 15) is 8.42 Å². The van der Waals surface area contributed by atoms with Gasteiger partial charge in [0.25, 0.3) is 0 Å². The fourth-order valence-electron chi connectivity index (χ4n) is 1.68. The van der Waals surface area contributed by atoms with Crippen LogP contribution in [0.1, 0.15) is 25.7 Å². The number of hydrogen-bond acceptors (Lipinski definition) is 3. The van der Waals surface area contributed by atoms with E-state index in [0.717, 1.165) is 12.8 Å². The van der Waals surface area contributed by atoms with Gasteiger partial charge in [-0.05, 0) is 32.7 Å². The maximum absolute atomic E-state index is 10.9. The third-order valence-electron chi connectivity index (χ3n) is 2.55. The molecule has 0 amide bonds. The Bertz CT molecular complexity index is 235. The Labute approximate surface area is 85.7 Å². The summed E-state index contributed by atoms with van der Waals surface area (Å²) in [6.07, 6.45) is 3.23. The van der Waals surface area contributed by atoms with Crippen LogP contribution in [0.5, 0.6) is 0 Å². The molecule has 4 nitrogen and oxygen atoms in total. The highest BCUT2D eigenvalue weighted by Crippen LogP contribution is 2.22. The summed E-state index contributed by atoms with van der Waals surface area (Å²) in [5, 5.41) is 7.89. The van der Waals surface area contributed by atoms with E-state index in [2.05, 4.69) is 5.32 Å². The Balaban J connectivity index is 0.00000144. The van der Waals surface area contributed by atoms with Crippen LogP contribution in [0.3, 0.4) is 0 Å². The Morgan fingerprint density at radius 3 is 2.00 bits per heavy atom. The van der Waals surface area contributed by atoms with E-state index >= 15 is 0 Å². The van der Waals surface area contributed by atoms with E-state index in [-0.39, 0.29) is 17.7 Å². The summed E-state index contributed by atoms with van der Waals surface area (Å²) < 4.78 is 21.9. The molecule has 0 bridgehead atoms. The van der Waals surface area contributed by atoms with Crippen molar-refractivity contribution in [3.63, 3.8) is 0 Å². The highest BCUT2D eigenvalue weighted by Gasteiger charge is 2.27. The zero-order valence-corrected chi connectivity index (χ0v) is 9.33. The summed E-state index contributed by atoms with van der Waals surface area (Å²) in [4.78, 5) is 0. The van der Waals surface area contributed by atoms with Gasteiger partial charge in [-0.1, -0.05) is 0 Å². The van der Waals surface area contributed by atoms with Gasteiger partial charge in [0.15, 0.2) is 0 Å². The molecule has 0 atom stereocenters. The van der Waals surface area contributed by atoms with E-state index in [1.807, 2.05) is 7.05 Å². The molecule has 0 aliphatic heterocycles. The van der Waals surface area contributed by atoms with Crippen molar-refractivity contribution in [2.45, 2.75) is 37.0 Å². The van der Waals surface area contributed by atoms with Gasteiger partial charge >= 0.3 is 0 Å². The minimum atomic E-state index is -3.29. The molecule has 1 aliphatic rings. The van der Waals surface area contributed by atoms with Gasteiger partial charge in [0.2, 0.25) is 10.0 Å². The van der Waals surface area contributed by atoms with Crippen molar-refractivity contribution in [2.75, 3.05) is 7.05 Å². The van der Waals surface area contributed by atoms with Gasteiger partial charge in [0, 0.05) is 6.04 Å². The molecule has 1 rings (SSSR count). The summed E-state index contributed by atoms with van der Waals surface area (Å²) in [6.45, 7) is 0. The smallest absolute Gasteiger partial charge is 0.211 e. The van der Waals surface area contributed by atoms with E-state index in [1.54, 1.807) is 0 Å². The van der Waals surface area contributed by atoms with Crippen LogP contribution in [0.2, 0.25) is 0 Å². The predicted octanol–water partition coefficient (Wildman–Crippen LogP) is 0.227. The first-order valence-electron chi connectivity index (χ1n) is 4.23. The molecule has 1 saturated carbocycles. The molecule has 0 aromatic carbocycles. The fourth-order valence-corrected chi connectivity index (χ4v) is 2.61. The molecule has 0 spiro atoms. The first-order valence-corrected chi connectivity index (χ1v) is 5.84. The highest BCUT2D eigenvalue weighted by atomic mass is 35.5. The van der Waals surface area contributed by atoms with E-state index in [4.69, 9.17) is 5.14 Å². The van der Waals surface area contributed by atoms with Crippen molar-refractivity contribution in [3.05, 3.63) is 0 Å². The molecule has 0 aromatic heterocycles. The van der Waals surface area contributed by atoms with Gasteiger partial charge < -0.3 is 5.32 Å². The van der Waals surface area contributed by atoms with Gasteiger partial charge in [-0.15, -0.1) is 12.4 Å². The van der Waals surface area contributed by atoms with Crippen LogP contribution in [-0.4, -0.2) is 26.8 Å². The lowest BCUT2D eigenvalue weighted by atomic mass is 9.95. The molecule has 13 heavy (non-hydrogen) atoms. The molecule has 1 fully saturated rings. The van der Waals surface area contributed by atoms with Crippen molar-refractivity contribution in [3.8, 4) is 0 Å². The highest BCUT2D eigenvalue weighted by molar-refractivity contribution is 7.89. The van der Waals surface area contributed by atoms with Gasteiger partial charge in [0.05, 0.1) is 5.25 Å². The minimum Gasteiger partial charge on any atom is -0.317 e. The number of rotatable bonds is 2. The molecule has 0 unspecified atom stereocenters. The van der Waals surface area contributed by atoms with Gasteiger partial charge in [-0.2, -0.15) is 0 Å². The Morgan fingerprint density at radius 1 is 1.23 bits per heavy atom. The molecular formula is C7H17ClN2O2S. The third-order valence-corrected chi connectivity index (χ3v) is 3.95. The van der Waals surface area contributed by atoms with E-state index in [1.165, 1.54) is 0 Å². The average molecular weight is 229 g/mol. The third kappa shape index (κ3) is 3.81. The minimum absolute atomic E-state index is 0. The van der Waals surface area contributed by atoms with Gasteiger partial charge in [0.1, 0.15) is 0 Å². The fraction of sp³-hybridized carbons (Fsp3) is 1.00. The predicted molar refractivity (Wildman–Crippen MR) is 55.5 cm³/mol. The van der Waals surface area contributed by atoms with Crippen LogP contribution in [0, 0.1) is 0 Å². The van der Waals surface area contributed by atoms with Crippen molar-refractivity contribution in [1.29, 1.82) is 0 Å². The molecule has 0 heterocycles. The second kappa shape index (κ2) is 5.14. The largest absolute Gasteiger partial charge is 0.317 e. The van der Waals surface area contributed by atoms with Crippen molar-refractivity contribution in [2.24, 2.45) is 5.14 Å². The number of primary sulfonamides is 1. The quantitative estimate of drug-likeness (QED) is 0.711. The lowest BCUT2D eigenvalue weighted by molar-refractivity contribution is 0.391. The van der Waals surface area contributed by atoms with Crippen LogP contribution in [-0.2, 0) is 10.0 Å². The monoisotopic (exact) mass is 228 g/mol. The van der Waals surface area contributed by atoms with Gasteiger partial charge in [-0.3, -0.25) is 0 Å². The number of nitrogens with two attached hydrogens (primary N) is 1. The molecule has 0 aromatic rings. The Morgan fingerprint density at radius 2 is 1.69 bits per heavy atom. The Hall–Kier alpha value is 0.160. The topological polar surface area (TPSA) is 72.2 Å². The standard InChI is InChI=1S/C7H16N2O2S.ClH/c1-9-6-2-4-7(5-3-6)12(8,10)11;/h6-7,9H,2-5H2,1H3,(H2,8,10,11);1H. The normalized spacial score (nSPS) is 29.4. The van der Waals surface area contributed by atoms with Crippen LogP contribution >= 0.6 is 12.4 Å². The van der Waals surface area contributed by atoms with Crippen LogP contribution < -0.4 is 10.5 Å². The number of hydrogen-bond donors (Lipinski definition) is 2. The number of halogens is 1. The molecule has 1 aliphatic carbocycles. The lowest BCUT2D eigenvalue weighted by Gasteiger charge is -2.26. The first kappa shape index (κ1) is 13.2. The van der Waals surface area contributed by atoms with Crippen molar-refractivity contribution < 1.29 is 8.42 Å². The van der Waals surface area contributed by atoms with Gasteiger partial charge in [-0.25, -0.2) is 13.6 Å². The Kier molecular flexibility index (Phi) is 5.21. The second-order valence-corrected chi connectivity index (χ2v) is 5.20. The summed E-state index contributed by atoms with van der Waals surface area (Å²) in [6, 6.07) is 0.475. The SMILES string of the molecule is CNC1CCC(S(N)(=O)=O)CC1.Cl. The van der Waals surface area contributed by atoms with E-state index < -0.39 is 10.0 Å². The molecule has 0 radical (unpaired) electrons. The average Bonchev–Trinajstić information content (AvgIpc) is 2.03. The summed E-state index contributed by atoms with van der Waals surface area (Å²) in [5.74, 6) is 0. The second-order valence-electron chi connectivity index (χ2n) is 3.35. The summed E-state index contributed by atoms with van der Waals surface area (Å²) >= 11 is 0. The maximum Gasteiger partial charge on any atom is 0.211 e. The zero-order valence-electron chi connectivity index (χ0n) is 7.69. The zero-order chi connectivity index (χ0) is 9.19. The molecular weight excluding hydrogens is 212 g/mol. The molecule has 3 N–H and O–H groups in total. The molecule has 6 heteroatoms. The van der Waals surface area contributed by atoms with Crippen molar-refractivity contribution in [1.82, 2.24) is 5.32 Å². The summed E-state index contributed by atoms with van der Waals surface area (Å²) in [7, 11) is -1.38. The van der Waals surface area contributed by atoms with Crippen LogP contribution in [0.15, 0.2) is 0 Å². The number of sulfonamides is 1.